The van der Waals surface area contributed by atoms with Crippen molar-refractivity contribution in [1.82, 2.24) is 0 Å². The number of benzene rings is 2. The fourth-order valence-electron chi connectivity index (χ4n) is 2.55. The molecular formula is C19H17N2O+. The highest BCUT2D eigenvalue weighted by atomic mass is 16.5. The van der Waals surface area contributed by atoms with Crippen molar-refractivity contribution in [3.63, 3.8) is 0 Å². The summed E-state index contributed by atoms with van der Waals surface area (Å²) < 4.78 is 7.94. The van der Waals surface area contributed by atoms with Crippen LogP contribution >= 0.6 is 0 Å². The summed E-state index contributed by atoms with van der Waals surface area (Å²) in [5.74, 6) is 0.852. The standard InChI is InChI=1S/C19H17N2O/c1-2-22-19-12-11-17-5-3-4-6-18(17)21(19)14-16-9-7-15(13-20)8-10-16/h3-12H,2,14H2,1H3/q+1. The van der Waals surface area contributed by atoms with Crippen LogP contribution in [0.3, 0.4) is 0 Å². The van der Waals surface area contributed by atoms with Crippen molar-refractivity contribution >= 4 is 10.9 Å². The average molecular weight is 289 g/mol. The average Bonchev–Trinajstić information content (AvgIpc) is 2.58. The first kappa shape index (κ1) is 14.1. The molecule has 0 aliphatic rings. The highest BCUT2D eigenvalue weighted by molar-refractivity contribution is 5.75. The number of hydrogen-bond donors (Lipinski definition) is 0. The predicted octanol–water partition coefficient (Wildman–Crippen LogP) is 3.45. The summed E-state index contributed by atoms with van der Waals surface area (Å²) in [4.78, 5) is 0. The molecule has 0 amide bonds. The van der Waals surface area contributed by atoms with E-state index in [9.17, 15) is 0 Å². The first-order valence-corrected chi connectivity index (χ1v) is 7.35. The minimum atomic E-state index is 0.631. The van der Waals surface area contributed by atoms with Crippen LogP contribution in [0.1, 0.15) is 18.1 Å². The fraction of sp³-hybridized carbons (Fsp3) is 0.158. The Labute approximate surface area is 130 Å². The van der Waals surface area contributed by atoms with Crippen LogP contribution in [0.2, 0.25) is 0 Å². The summed E-state index contributed by atoms with van der Waals surface area (Å²) in [5.41, 5.74) is 2.95. The number of hydrogen-bond acceptors (Lipinski definition) is 2. The van der Waals surface area contributed by atoms with Gasteiger partial charge in [0.2, 0.25) is 5.52 Å². The molecule has 0 bridgehead atoms. The molecule has 0 saturated heterocycles. The van der Waals surface area contributed by atoms with E-state index in [4.69, 9.17) is 10.00 Å². The fourth-order valence-corrected chi connectivity index (χ4v) is 2.55. The third-order valence-corrected chi connectivity index (χ3v) is 3.61. The Morgan fingerprint density at radius 1 is 1.00 bits per heavy atom. The lowest BCUT2D eigenvalue weighted by Crippen LogP contribution is -2.37. The van der Waals surface area contributed by atoms with Crippen molar-refractivity contribution in [2.75, 3.05) is 6.61 Å². The van der Waals surface area contributed by atoms with Crippen LogP contribution in [0, 0.1) is 11.3 Å². The van der Waals surface area contributed by atoms with Gasteiger partial charge in [0, 0.05) is 17.0 Å². The van der Waals surface area contributed by atoms with E-state index in [1.54, 1.807) is 0 Å². The number of rotatable bonds is 4. The molecule has 0 aliphatic carbocycles. The molecule has 3 nitrogen and oxygen atoms in total. The van der Waals surface area contributed by atoms with Gasteiger partial charge < -0.3 is 4.74 Å². The first-order valence-electron chi connectivity index (χ1n) is 7.35. The van der Waals surface area contributed by atoms with Gasteiger partial charge >= 0.3 is 5.88 Å². The van der Waals surface area contributed by atoms with Gasteiger partial charge in [-0.3, -0.25) is 0 Å². The van der Waals surface area contributed by atoms with E-state index in [1.807, 2.05) is 49.4 Å². The Morgan fingerprint density at radius 3 is 2.50 bits per heavy atom. The number of nitrogens with zero attached hydrogens (tertiary/aromatic N) is 2. The van der Waals surface area contributed by atoms with Gasteiger partial charge in [-0.05, 0) is 31.2 Å². The Morgan fingerprint density at radius 2 is 1.77 bits per heavy atom. The maximum atomic E-state index is 8.90. The highest BCUT2D eigenvalue weighted by Crippen LogP contribution is 2.16. The topological polar surface area (TPSA) is 36.9 Å². The van der Waals surface area contributed by atoms with E-state index in [0.29, 0.717) is 18.7 Å². The zero-order chi connectivity index (χ0) is 15.4. The Bertz CT molecular complexity index is 832. The van der Waals surface area contributed by atoms with Crippen LogP contribution in [0.5, 0.6) is 5.88 Å². The van der Waals surface area contributed by atoms with Gasteiger partial charge in [0.05, 0.1) is 24.3 Å². The van der Waals surface area contributed by atoms with Crippen molar-refractivity contribution in [2.24, 2.45) is 0 Å². The highest BCUT2D eigenvalue weighted by Gasteiger charge is 2.17. The molecule has 22 heavy (non-hydrogen) atoms. The quantitative estimate of drug-likeness (QED) is 0.690. The molecule has 0 saturated carbocycles. The molecule has 2 aromatic carbocycles. The third-order valence-electron chi connectivity index (χ3n) is 3.61. The van der Waals surface area contributed by atoms with Crippen molar-refractivity contribution in [3.05, 3.63) is 71.8 Å². The minimum Gasteiger partial charge on any atom is -0.445 e. The van der Waals surface area contributed by atoms with Crippen LogP contribution in [0.15, 0.2) is 60.7 Å². The van der Waals surface area contributed by atoms with Gasteiger partial charge in [-0.25, -0.2) is 0 Å². The van der Waals surface area contributed by atoms with Crippen molar-refractivity contribution in [1.29, 1.82) is 5.26 Å². The van der Waals surface area contributed by atoms with Gasteiger partial charge in [0.25, 0.3) is 0 Å². The lowest BCUT2D eigenvalue weighted by molar-refractivity contribution is -0.668. The summed E-state index contributed by atoms with van der Waals surface area (Å²) in [6, 6.07) is 22.2. The largest absolute Gasteiger partial charge is 0.445 e. The summed E-state index contributed by atoms with van der Waals surface area (Å²) in [6.07, 6.45) is 0. The van der Waals surface area contributed by atoms with Gasteiger partial charge in [-0.1, -0.05) is 24.3 Å². The zero-order valence-corrected chi connectivity index (χ0v) is 12.5. The van der Waals surface area contributed by atoms with Crippen LogP contribution in [-0.2, 0) is 6.54 Å². The predicted molar refractivity (Wildman–Crippen MR) is 85.6 cm³/mol. The molecule has 1 heterocycles. The van der Waals surface area contributed by atoms with Gasteiger partial charge in [0.15, 0.2) is 6.54 Å². The van der Waals surface area contributed by atoms with E-state index in [1.165, 1.54) is 5.39 Å². The van der Waals surface area contributed by atoms with E-state index >= 15 is 0 Å². The second-order valence-electron chi connectivity index (χ2n) is 5.06. The molecule has 0 aliphatic heterocycles. The third kappa shape index (κ3) is 2.77. The number of para-hydroxylation sites is 1. The molecule has 3 aromatic rings. The molecule has 3 rings (SSSR count). The normalized spacial score (nSPS) is 10.4. The second-order valence-corrected chi connectivity index (χ2v) is 5.06. The minimum absolute atomic E-state index is 0.631. The maximum absolute atomic E-state index is 8.90. The van der Waals surface area contributed by atoms with E-state index < -0.39 is 0 Å². The lowest BCUT2D eigenvalue weighted by Gasteiger charge is -2.07. The Hall–Kier alpha value is -2.86. The van der Waals surface area contributed by atoms with Crippen molar-refractivity contribution in [2.45, 2.75) is 13.5 Å². The van der Waals surface area contributed by atoms with Crippen LogP contribution < -0.4 is 9.30 Å². The molecule has 0 atom stereocenters. The smallest absolute Gasteiger partial charge is 0.368 e. The Balaban J connectivity index is 2.06. The molecule has 0 N–H and O–H groups in total. The molecule has 1 aromatic heterocycles. The first-order chi connectivity index (χ1) is 10.8. The van der Waals surface area contributed by atoms with Gasteiger partial charge in [-0.15, -0.1) is 0 Å². The molecular weight excluding hydrogens is 272 g/mol. The molecule has 0 radical (unpaired) electrons. The van der Waals surface area contributed by atoms with Gasteiger partial charge in [-0.2, -0.15) is 9.83 Å². The van der Waals surface area contributed by atoms with Crippen LogP contribution in [-0.4, -0.2) is 6.61 Å². The monoisotopic (exact) mass is 289 g/mol. The molecule has 3 heteroatoms. The van der Waals surface area contributed by atoms with Gasteiger partial charge in [0.1, 0.15) is 0 Å². The molecule has 108 valence electrons. The summed E-state index contributed by atoms with van der Waals surface area (Å²) in [7, 11) is 0. The second kappa shape index (κ2) is 6.28. The summed E-state index contributed by atoms with van der Waals surface area (Å²) >= 11 is 0. The molecule has 0 unspecified atom stereocenters. The number of aromatic nitrogens is 1. The van der Waals surface area contributed by atoms with E-state index in [2.05, 4.69) is 28.8 Å². The SMILES string of the molecule is CCOc1ccc2ccccc2[n+]1Cc1ccc(C#N)cc1. The Kier molecular flexibility index (Phi) is 4.02. The maximum Gasteiger partial charge on any atom is 0.368 e. The molecule has 0 fully saturated rings. The lowest BCUT2D eigenvalue weighted by atomic mass is 10.1. The van der Waals surface area contributed by atoms with Crippen molar-refractivity contribution in [3.8, 4) is 11.9 Å². The van der Waals surface area contributed by atoms with Crippen molar-refractivity contribution < 1.29 is 9.30 Å². The number of fused-ring (bicyclic) bond motifs is 1. The number of pyridine rings is 1. The van der Waals surface area contributed by atoms with E-state index in [-0.39, 0.29) is 0 Å². The van der Waals surface area contributed by atoms with Crippen LogP contribution in [0.4, 0.5) is 0 Å². The zero-order valence-electron chi connectivity index (χ0n) is 12.5. The summed E-state index contributed by atoms with van der Waals surface area (Å²) in [6.45, 7) is 3.33. The summed E-state index contributed by atoms with van der Waals surface area (Å²) in [5, 5.41) is 10.1. The van der Waals surface area contributed by atoms with E-state index in [0.717, 1.165) is 17.0 Å². The number of nitriles is 1. The number of ether oxygens (including phenoxy) is 1. The van der Waals surface area contributed by atoms with Crippen LogP contribution in [0.25, 0.3) is 10.9 Å². The molecule has 0 spiro atoms.